The van der Waals surface area contributed by atoms with Gasteiger partial charge in [-0.25, -0.2) is 9.59 Å². The molecule has 0 aromatic rings. The monoisotopic (exact) mass is 464 g/mol. The van der Waals surface area contributed by atoms with Crippen LogP contribution in [0.3, 0.4) is 0 Å². The molecule has 0 N–H and O–H groups in total. The molecular formula is C22H44N2O8. The number of likely N-dealkylation sites (N-methyl/N-ethyl adjacent to an activating group) is 2. The molecule has 190 valence electrons. The van der Waals surface area contributed by atoms with Crippen LogP contribution in [0.15, 0.2) is 0 Å². The minimum atomic E-state index is -0.507. The van der Waals surface area contributed by atoms with Gasteiger partial charge in [-0.05, 0) is 41.5 Å². The molecule has 0 aliphatic rings. The van der Waals surface area contributed by atoms with Gasteiger partial charge in [0, 0.05) is 27.2 Å². The second-order valence-electron chi connectivity index (χ2n) is 9.25. The van der Waals surface area contributed by atoms with Gasteiger partial charge in [-0.15, -0.1) is 0 Å². The van der Waals surface area contributed by atoms with Crippen LogP contribution in [0, 0.1) is 0 Å². The lowest BCUT2D eigenvalue weighted by molar-refractivity contribution is -0.00858. The van der Waals surface area contributed by atoms with E-state index in [9.17, 15) is 9.59 Å². The summed E-state index contributed by atoms with van der Waals surface area (Å²) in [5, 5.41) is 0. The lowest BCUT2D eigenvalue weighted by atomic mass is 10.2. The molecule has 0 aromatic carbocycles. The number of ether oxygens (including phenoxy) is 6. The Morgan fingerprint density at radius 1 is 0.531 bits per heavy atom. The molecule has 0 aliphatic carbocycles. The highest BCUT2D eigenvalue weighted by atomic mass is 16.6. The number of nitrogens with zero attached hydrogens (tertiary/aromatic N) is 2. The van der Waals surface area contributed by atoms with E-state index < -0.39 is 11.2 Å². The molecule has 0 atom stereocenters. The summed E-state index contributed by atoms with van der Waals surface area (Å²) in [4.78, 5) is 26.5. The second-order valence-corrected chi connectivity index (χ2v) is 9.25. The fourth-order valence-electron chi connectivity index (χ4n) is 2.03. The van der Waals surface area contributed by atoms with Crippen molar-refractivity contribution in [2.75, 3.05) is 80.0 Å². The van der Waals surface area contributed by atoms with Gasteiger partial charge in [0.2, 0.25) is 0 Å². The van der Waals surface area contributed by atoms with E-state index in [-0.39, 0.29) is 12.2 Å². The summed E-state index contributed by atoms with van der Waals surface area (Å²) in [7, 11) is 3.35. The lowest BCUT2D eigenvalue weighted by Gasteiger charge is -2.24. The molecule has 10 heteroatoms. The molecule has 0 spiro atoms. The van der Waals surface area contributed by atoms with E-state index in [1.54, 1.807) is 14.1 Å². The van der Waals surface area contributed by atoms with E-state index in [0.717, 1.165) is 0 Å². The molecule has 0 bridgehead atoms. The number of carbonyl (C=O) groups is 2. The molecule has 0 rings (SSSR count). The van der Waals surface area contributed by atoms with Crippen LogP contribution in [-0.4, -0.2) is 113 Å². The van der Waals surface area contributed by atoms with Crippen molar-refractivity contribution in [3.63, 3.8) is 0 Å². The lowest BCUT2D eigenvalue weighted by Crippen LogP contribution is -2.36. The SMILES string of the molecule is CN(CCOCCOCCOCCOCCN(C)C(=O)OC(C)(C)C)C(=O)OC(C)(C)C. The third-order valence-electron chi connectivity index (χ3n) is 3.67. The molecule has 32 heavy (non-hydrogen) atoms. The summed E-state index contributed by atoms with van der Waals surface area (Å²) in [5.74, 6) is 0. The number of carbonyl (C=O) groups excluding carboxylic acids is 2. The average Bonchev–Trinajstić information content (AvgIpc) is 2.65. The summed E-state index contributed by atoms with van der Waals surface area (Å²) in [6.07, 6.45) is -0.734. The van der Waals surface area contributed by atoms with Crippen molar-refractivity contribution in [3.05, 3.63) is 0 Å². The number of rotatable bonds is 15. The van der Waals surface area contributed by atoms with E-state index in [0.29, 0.717) is 65.9 Å². The van der Waals surface area contributed by atoms with Crippen LogP contribution in [0.1, 0.15) is 41.5 Å². The summed E-state index contributed by atoms with van der Waals surface area (Å²) in [5.41, 5.74) is -1.01. The van der Waals surface area contributed by atoms with Crippen molar-refractivity contribution in [1.29, 1.82) is 0 Å². The average molecular weight is 465 g/mol. The topological polar surface area (TPSA) is 96.0 Å². The van der Waals surface area contributed by atoms with Crippen LogP contribution in [0.5, 0.6) is 0 Å². The van der Waals surface area contributed by atoms with Gasteiger partial charge in [0.05, 0.1) is 52.9 Å². The van der Waals surface area contributed by atoms with Crippen LogP contribution < -0.4 is 0 Å². The zero-order chi connectivity index (χ0) is 24.6. The summed E-state index contributed by atoms with van der Waals surface area (Å²) in [6.45, 7) is 15.4. The van der Waals surface area contributed by atoms with E-state index in [1.807, 2.05) is 41.5 Å². The van der Waals surface area contributed by atoms with Crippen molar-refractivity contribution < 1.29 is 38.0 Å². The quantitative estimate of drug-likeness (QED) is 0.341. The minimum absolute atomic E-state index is 0.367. The van der Waals surface area contributed by atoms with E-state index in [1.165, 1.54) is 9.80 Å². The van der Waals surface area contributed by atoms with Crippen LogP contribution >= 0.6 is 0 Å². The second kappa shape index (κ2) is 16.1. The van der Waals surface area contributed by atoms with Crippen LogP contribution in [0.4, 0.5) is 9.59 Å². The number of hydrogen-bond donors (Lipinski definition) is 0. The third kappa shape index (κ3) is 19.1. The number of hydrogen-bond acceptors (Lipinski definition) is 8. The molecule has 0 saturated heterocycles. The molecule has 0 aliphatic heterocycles. The van der Waals surface area contributed by atoms with E-state index in [2.05, 4.69) is 0 Å². The molecule has 0 saturated carbocycles. The first-order valence-electron chi connectivity index (χ1n) is 11.0. The first kappa shape index (κ1) is 30.4. The van der Waals surface area contributed by atoms with Crippen molar-refractivity contribution in [3.8, 4) is 0 Å². The Labute approximate surface area is 193 Å². The fourth-order valence-corrected chi connectivity index (χ4v) is 2.03. The maximum absolute atomic E-state index is 11.8. The maximum atomic E-state index is 11.8. The first-order valence-corrected chi connectivity index (χ1v) is 11.0. The van der Waals surface area contributed by atoms with Gasteiger partial charge >= 0.3 is 12.2 Å². The van der Waals surface area contributed by atoms with Gasteiger partial charge in [-0.2, -0.15) is 0 Å². The smallest absolute Gasteiger partial charge is 0.410 e. The predicted molar refractivity (Wildman–Crippen MR) is 121 cm³/mol. The molecule has 2 amide bonds. The highest BCUT2D eigenvalue weighted by Crippen LogP contribution is 2.09. The van der Waals surface area contributed by atoms with Crippen LogP contribution in [0.2, 0.25) is 0 Å². The Kier molecular flexibility index (Phi) is 15.3. The van der Waals surface area contributed by atoms with E-state index in [4.69, 9.17) is 28.4 Å². The highest BCUT2D eigenvalue weighted by Gasteiger charge is 2.20. The summed E-state index contributed by atoms with van der Waals surface area (Å²) >= 11 is 0. The van der Waals surface area contributed by atoms with Crippen LogP contribution in [-0.2, 0) is 28.4 Å². The van der Waals surface area contributed by atoms with Crippen molar-refractivity contribution in [2.24, 2.45) is 0 Å². The summed E-state index contributed by atoms with van der Waals surface area (Å²) < 4.78 is 32.3. The Bertz CT molecular complexity index is 471. The van der Waals surface area contributed by atoms with Crippen molar-refractivity contribution in [2.45, 2.75) is 52.7 Å². The van der Waals surface area contributed by atoms with Gasteiger partial charge in [-0.1, -0.05) is 0 Å². The van der Waals surface area contributed by atoms with Gasteiger partial charge < -0.3 is 38.2 Å². The zero-order valence-electron chi connectivity index (χ0n) is 21.2. The Balaban J connectivity index is 3.45. The minimum Gasteiger partial charge on any atom is -0.444 e. The molecular weight excluding hydrogens is 420 g/mol. The van der Waals surface area contributed by atoms with Crippen molar-refractivity contribution >= 4 is 12.2 Å². The first-order chi connectivity index (χ1) is 14.8. The Morgan fingerprint density at radius 2 is 0.781 bits per heavy atom. The van der Waals surface area contributed by atoms with Crippen molar-refractivity contribution in [1.82, 2.24) is 9.80 Å². The van der Waals surface area contributed by atoms with E-state index >= 15 is 0 Å². The van der Waals surface area contributed by atoms with Crippen LogP contribution in [0.25, 0.3) is 0 Å². The molecule has 0 heterocycles. The predicted octanol–water partition coefficient (Wildman–Crippen LogP) is 2.79. The van der Waals surface area contributed by atoms with Gasteiger partial charge in [0.1, 0.15) is 11.2 Å². The molecule has 0 unspecified atom stereocenters. The third-order valence-corrected chi connectivity index (χ3v) is 3.67. The largest absolute Gasteiger partial charge is 0.444 e. The highest BCUT2D eigenvalue weighted by molar-refractivity contribution is 5.68. The van der Waals surface area contributed by atoms with Gasteiger partial charge in [0.25, 0.3) is 0 Å². The zero-order valence-corrected chi connectivity index (χ0v) is 21.2. The standard InChI is InChI=1S/C22H44N2O8/c1-21(2,3)31-19(25)23(7)9-11-27-13-15-29-17-18-30-16-14-28-12-10-24(8)20(26)32-22(4,5)6/h9-18H2,1-8H3. The Hall–Kier alpha value is -1.62. The molecule has 0 fully saturated rings. The van der Waals surface area contributed by atoms with Gasteiger partial charge in [0.15, 0.2) is 0 Å². The maximum Gasteiger partial charge on any atom is 0.410 e. The molecule has 0 aromatic heterocycles. The van der Waals surface area contributed by atoms with Gasteiger partial charge in [-0.3, -0.25) is 0 Å². The Morgan fingerprint density at radius 3 is 1.03 bits per heavy atom. The molecule has 0 radical (unpaired) electrons. The molecule has 10 nitrogen and oxygen atoms in total. The normalized spacial score (nSPS) is 11.9. The summed E-state index contributed by atoms with van der Waals surface area (Å²) in [6, 6.07) is 0. The number of amides is 2. The fraction of sp³-hybridized carbons (Fsp3) is 0.909.